The van der Waals surface area contributed by atoms with Gasteiger partial charge in [0, 0.05) is 18.3 Å². The Morgan fingerprint density at radius 1 is 1.29 bits per heavy atom. The fourth-order valence-corrected chi connectivity index (χ4v) is 2.62. The van der Waals surface area contributed by atoms with Crippen molar-refractivity contribution in [3.8, 4) is 0 Å². The fraction of sp³-hybridized carbons (Fsp3) is 0.500. The van der Waals surface area contributed by atoms with Crippen LogP contribution in [0.1, 0.15) is 31.7 Å². The monoisotopic (exact) mass is 248 g/mol. The first kappa shape index (κ1) is 12.4. The molecule has 1 atom stereocenters. The summed E-state index contributed by atoms with van der Waals surface area (Å²) in [6.07, 6.45) is 3.82. The third kappa shape index (κ3) is 3.19. The second-order valence-corrected chi connectivity index (χ2v) is 5.22. The zero-order valence-electron chi connectivity index (χ0n) is 10.6. The molecule has 1 aliphatic rings. The molecule has 1 fully saturated rings. The molecule has 1 aromatic rings. The molecule has 1 aromatic carbocycles. The Morgan fingerprint density at radius 2 is 2.00 bits per heavy atom. The molecule has 1 saturated heterocycles. The molecule has 0 saturated carbocycles. The first-order valence-corrected chi connectivity index (χ1v) is 6.72. The molecule has 0 aliphatic carbocycles. The van der Waals surface area contributed by atoms with Gasteiger partial charge in [0.15, 0.2) is 5.11 Å². The zero-order chi connectivity index (χ0) is 12.3. The van der Waals surface area contributed by atoms with E-state index in [0.717, 1.165) is 17.3 Å². The number of anilines is 1. The van der Waals surface area contributed by atoms with Gasteiger partial charge in [0.25, 0.3) is 0 Å². The summed E-state index contributed by atoms with van der Waals surface area (Å²) >= 11 is 5.48. The predicted molar refractivity (Wildman–Crippen MR) is 77.4 cm³/mol. The molecule has 92 valence electrons. The molecule has 17 heavy (non-hydrogen) atoms. The minimum Gasteiger partial charge on any atom is -0.346 e. The number of hydrogen-bond acceptors (Lipinski definition) is 1. The van der Waals surface area contributed by atoms with Crippen LogP contribution in [0.5, 0.6) is 0 Å². The summed E-state index contributed by atoms with van der Waals surface area (Å²) in [7, 11) is 0. The predicted octanol–water partition coefficient (Wildman–Crippen LogP) is 3.57. The van der Waals surface area contributed by atoms with Gasteiger partial charge in [-0.05, 0) is 57.5 Å². The summed E-state index contributed by atoms with van der Waals surface area (Å²) < 4.78 is 0. The van der Waals surface area contributed by atoms with Crippen LogP contribution in [-0.2, 0) is 0 Å². The van der Waals surface area contributed by atoms with Crippen LogP contribution < -0.4 is 5.32 Å². The number of likely N-dealkylation sites (tertiary alicyclic amines) is 1. The number of hydrogen-bond donors (Lipinski definition) is 1. The average molecular weight is 248 g/mol. The van der Waals surface area contributed by atoms with Crippen LogP contribution in [0, 0.1) is 6.92 Å². The highest BCUT2D eigenvalue weighted by Crippen LogP contribution is 2.18. The summed E-state index contributed by atoms with van der Waals surface area (Å²) in [6, 6.07) is 8.93. The number of nitrogens with one attached hydrogen (secondary N) is 1. The maximum atomic E-state index is 5.48. The molecule has 0 amide bonds. The van der Waals surface area contributed by atoms with Gasteiger partial charge in [0.2, 0.25) is 0 Å². The average Bonchev–Trinajstić information content (AvgIpc) is 2.32. The summed E-state index contributed by atoms with van der Waals surface area (Å²) in [5.74, 6) is 0. The summed E-state index contributed by atoms with van der Waals surface area (Å²) in [6.45, 7) is 5.43. The van der Waals surface area contributed by atoms with Crippen LogP contribution in [0.3, 0.4) is 0 Å². The van der Waals surface area contributed by atoms with Gasteiger partial charge in [0.05, 0.1) is 0 Å². The van der Waals surface area contributed by atoms with Gasteiger partial charge in [-0.15, -0.1) is 0 Å². The van der Waals surface area contributed by atoms with Gasteiger partial charge in [-0.2, -0.15) is 0 Å². The highest BCUT2D eigenvalue weighted by Gasteiger charge is 2.20. The maximum Gasteiger partial charge on any atom is 0.173 e. The number of thiocarbonyl (C=S) groups is 1. The SMILES string of the molecule is Cc1ccc(NC(=S)N2CCCC[C@H]2C)cc1. The molecule has 1 aliphatic heterocycles. The third-order valence-corrected chi connectivity index (χ3v) is 3.70. The van der Waals surface area contributed by atoms with Gasteiger partial charge < -0.3 is 10.2 Å². The van der Waals surface area contributed by atoms with Crippen LogP contribution in [0.2, 0.25) is 0 Å². The summed E-state index contributed by atoms with van der Waals surface area (Å²) in [5, 5.41) is 4.19. The Balaban J connectivity index is 1.98. The van der Waals surface area contributed by atoms with Crippen LogP contribution in [-0.4, -0.2) is 22.6 Å². The van der Waals surface area contributed by atoms with E-state index < -0.39 is 0 Å². The van der Waals surface area contributed by atoms with Crippen molar-refractivity contribution in [2.75, 3.05) is 11.9 Å². The number of rotatable bonds is 1. The minimum absolute atomic E-state index is 0.564. The maximum absolute atomic E-state index is 5.48. The molecule has 2 nitrogen and oxygen atoms in total. The first-order chi connectivity index (χ1) is 8.16. The van der Waals surface area contributed by atoms with Gasteiger partial charge in [-0.25, -0.2) is 0 Å². The molecule has 0 spiro atoms. The van der Waals surface area contributed by atoms with Crippen molar-refractivity contribution in [3.05, 3.63) is 29.8 Å². The standard InChI is InChI=1S/C14H20N2S/c1-11-6-8-13(9-7-11)15-14(17)16-10-4-3-5-12(16)2/h6-9,12H,3-5,10H2,1-2H3,(H,15,17)/t12-/m1/s1. The molecule has 3 heteroatoms. The van der Waals surface area contributed by atoms with Crippen molar-refractivity contribution in [1.29, 1.82) is 0 Å². The van der Waals surface area contributed by atoms with E-state index >= 15 is 0 Å². The topological polar surface area (TPSA) is 15.3 Å². The Kier molecular flexibility index (Phi) is 4.00. The molecule has 1 N–H and O–H groups in total. The Morgan fingerprint density at radius 3 is 2.65 bits per heavy atom. The van der Waals surface area contributed by atoms with Gasteiger partial charge in [-0.1, -0.05) is 17.7 Å². The van der Waals surface area contributed by atoms with Gasteiger partial charge in [-0.3, -0.25) is 0 Å². The molecule has 0 unspecified atom stereocenters. The number of piperidine rings is 1. The van der Waals surface area contributed by atoms with Crippen molar-refractivity contribution >= 4 is 23.0 Å². The Labute approximate surface area is 109 Å². The van der Waals surface area contributed by atoms with E-state index in [0.29, 0.717) is 6.04 Å². The summed E-state index contributed by atoms with van der Waals surface area (Å²) in [5.41, 5.74) is 2.35. The largest absolute Gasteiger partial charge is 0.346 e. The summed E-state index contributed by atoms with van der Waals surface area (Å²) in [4.78, 5) is 2.30. The molecule has 2 rings (SSSR count). The van der Waals surface area contributed by atoms with Gasteiger partial charge >= 0.3 is 0 Å². The highest BCUT2D eigenvalue weighted by atomic mass is 32.1. The fourth-order valence-electron chi connectivity index (χ4n) is 2.23. The van der Waals surface area contributed by atoms with E-state index in [1.54, 1.807) is 0 Å². The minimum atomic E-state index is 0.564. The third-order valence-electron chi connectivity index (χ3n) is 3.37. The first-order valence-electron chi connectivity index (χ1n) is 6.31. The van der Waals surface area contributed by atoms with E-state index in [1.807, 2.05) is 0 Å². The molecule has 0 bridgehead atoms. The van der Waals surface area contributed by atoms with Crippen molar-refractivity contribution in [1.82, 2.24) is 4.90 Å². The molecular formula is C14H20N2S. The number of aryl methyl sites for hydroxylation is 1. The van der Waals surface area contributed by atoms with Crippen LogP contribution >= 0.6 is 12.2 Å². The molecule has 0 aromatic heterocycles. The van der Waals surface area contributed by atoms with Crippen molar-refractivity contribution in [3.63, 3.8) is 0 Å². The van der Waals surface area contributed by atoms with E-state index in [1.165, 1.54) is 24.8 Å². The number of nitrogens with zero attached hydrogens (tertiary/aromatic N) is 1. The molecule has 0 radical (unpaired) electrons. The van der Waals surface area contributed by atoms with Crippen LogP contribution in [0.15, 0.2) is 24.3 Å². The Bertz CT molecular complexity index is 386. The lowest BCUT2D eigenvalue weighted by Gasteiger charge is -2.35. The second kappa shape index (κ2) is 5.50. The lowest BCUT2D eigenvalue weighted by atomic mass is 10.0. The van der Waals surface area contributed by atoms with Gasteiger partial charge in [0.1, 0.15) is 0 Å². The lowest BCUT2D eigenvalue weighted by molar-refractivity contribution is 0.262. The van der Waals surface area contributed by atoms with Crippen molar-refractivity contribution < 1.29 is 0 Å². The van der Waals surface area contributed by atoms with Crippen molar-refractivity contribution in [2.24, 2.45) is 0 Å². The quantitative estimate of drug-likeness (QED) is 0.765. The highest BCUT2D eigenvalue weighted by molar-refractivity contribution is 7.80. The smallest absolute Gasteiger partial charge is 0.173 e. The normalized spacial score (nSPS) is 20.1. The van der Waals surface area contributed by atoms with E-state index in [2.05, 4.69) is 48.3 Å². The van der Waals surface area contributed by atoms with Crippen LogP contribution in [0.25, 0.3) is 0 Å². The molecular weight excluding hydrogens is 228 g/mol. The van der Waals surface area contributed by atoms with Crippen LogP contribution in [0.4, 0.5) is 5.69 Å². The van der Waals surface area contributed by atoms with E-state index in [4.69, 9.17) is 12.2 Å². The second-order valence-electron chi connectivity index (χ2n) is 4.83. The lowest BCUT2D eigenvalue weighted by Crippen LogP contribution is -2.44. The zero-order valence-corrected chi connectivity index (χ0v) is 11.4. The van der Waals surface area contributed by atoms with Crippen molar-refractivity contribution in [2.45, 2.75) is 39.2 Å². The molecule has 1 heterocycles. The van der Waals surface area contributed by atoms with E-state index in [-0.39, 0.29) is 0 Å². The number of benzene rings is 1. The Hall–Kier alpha value is -1.09. The van der Waals surface area contributed by atoms with E-state index in [9.17, 15) is 0 Å².